The standard InChI is InChI=1S/C22H27N5OS.HI/c1-5-23-22(27-14-21-25-12-17(4)29-21)26-13-18-8-9-24-20(11-18)28-19-7-6-15(2)16(3)10-19;/h6-12H,5,13-14H2,1-4H3,(H2,23,26,27);1H. The lowest BCUT2D eigenvalue weighted by Crippen LogP contribution is -2.36. The Balaban J connectivity index is 0.00000320. The highest BCUT2D eigenvalue weighted by Gasteiger charge is 2.04. The van der Waals surface area contributed by atoms with E-state index in [1.165, 1.54) is 16.0 Å². The van der Waals surface area contributed by atoms with Crippen LogP contribution < -0.4 is 15.4 Å². The van der Waals surface area contributed by atoms with Gasteiger partial charge in [0.2, 0.25) is 5.88 Å². The van der Waals surface area contributed by atoms with E-state index in [1.807, 2.05) is 37.4 Å². The van der Waals surface area contributed by atoms with Crippen LogP contribution in [0.5, 0.6) is 11.6 Å². The first-order chi connectivity index (χ1) is 14.0. The number of halogens is 1. The minimum Gasteiger partial charge on any atom is -0.439 e. The average molecular weight is 537 g/mol. The highest BCUT2D eigenvalue weighted by Crippen LogP contribution is 2.22. The largest absolute Gasteiger partial charge is 0.439 e. The minimum absolute atomic E-state index is 0. The van der Waals surface area contributed by atoms with Crippen LogP contribution in [0.2, 0.25) is 0 Å². The zero-order valence-electron chi connectivity index (χ0n) is 17.7. The SMILES string of the molecule is CCNC(=NCc1ccnc(Oc2ccc(C)c(C)c2)c1)NCc1ncc(C)s1.I. The maximum atomic E-state index is 5.92. The van der Waals surface area contributed by atoms with E-state index in [-0.39, 0.29) is 24.0 Å². The Hall–Kier alpha value is -2.20. The molecule has 2 heterocycles. The van der Waals surface area contributed by atoms with E-state index in [0.29, 0.717) is 19.0 Å². The molecule has 6 nitrogen and oxygen atoms in total. The molecule has 2 aromatic heterocycles. The van der Waals surface area contributed by atoms with Gasteiger partial charge in [0.05, 0.1) is 13.1 Å². The van der Waals surface area contributed by atoms with Crippen LogP contribution in [0.15, 0.2) is 47.7 Å². The van der Waals surface area contributed by atoms with Crippen LogP contribution >= 0.6 is 35.3 Å². The lowest BCUT2D eigenvalue weighted by atomic mass is 10.1. The fourth-order valence-corrected chi connectivity index (χ4v) is 3.38. The molecular weight excluding hydrogens is 509 g/mol. The summed E-state index contributed by atoms with van der Waals surface area (Å²) in [5, 5.41) is 7.63. The Morgan fingerprint density at radius 2 is 1.90 bits per heavy atom. The van der Waals surface area contributed by atoms with E-state index in [2.05, 4.69) is 52.4 Å². The molecule has 0 fully saturated rings. The Bertz CT molecular complexity index is 989. The number of thiazole rings is 1. The third-order valence-electron chi connectivity index (χ3n) is 4.34. The first-order valence-corrected chi connectivity index (χ1v) is 10.5. The Morgan fingerprint density at radius 3 is 2.60 bits per heavy atom. The number of rotatable bonds is 7. The van der Waals surface area contributed by atoms with Gasteiger partial charge < -0.3 is 15.4 Å². The van der Waals surface area contributed by atoms with Crippen molar-refractivity contribution in [3.8, 4) is 11.6 Å². The summed E-state index contributed by atoms with van der Waals surface area (Å²) >= 11 is 1.69. The summed E-state index contributed by atoms with van der Waals surface area (Å²) in [6.45, 7) is 10.2. The van der Waals surface area contributed by atoms with Crippen molar-refractivity contribution in [2.75, 3.05) is 6.54 Å². The molecule has 0 saturated heterocycles. The van der Waals surface area contributed by atoms with Crippen LogP contribution in [0.3, 0.4) is 0 Å². The molecule has 0 aliphatic heterocycles. The van der Waals surface area contributed by atoms with E-state index < -0.39 is 0 Å². The van der Waals surface area contributed by atoms with Gasteiger partial charge in [0.1, 0.15) is 10.8 Å². The predicted molar refractivity (Wildman–Crippen MR) is 134 cm³/mol. The summed E-state index contributed by atoms with van der Waals surface area (Å²) in [6.07, 6.45) is 3.64. The molecule has 1 aromatic carbocycles. The summed E-state index contributed by atoms with van der Waals surface area (Å²) in [7, 11) is 0. The number of hydrogen-bond donors (Lipinski definition) is 2. The second-order valence-electron chi connectivity index (χ2n) is 6.76. The predicted octanol–water partition coefficient (Wildman–Crippen LogP) is 5.13. The molecule has 0 unspecified atom stereocenters. The summed E-state index contributed by atoms with van der Waals surface area (Å²) < 4.78 is 5.92. The van der Waals surface area contributed by atoms with Crippen molar-refractivity contribution in [1.29, 1.82) is 0 Å². The van der Waals surface area contributed by atoms with Gasteiger partial charge in [-0.15, -0.1) is 35.3 Å². The third kappa shape index (κ3) is 7.24. The molecule has 3 aromatic rings. The van der Waals surface area contributed by atoms with Crippen LogP contribution in [0, 0.1) is 20.8 Å². The van der Waals surface area contributed by atoms with Crippen molar-refractivity contribution in [2.24, 2.45) is 4.99 Å². The Labute approximate surface area is 199 Å². The highest BCUT2D eigenvalue weighted by atomic mass is 127. The van der Waals surface area contributed by atoms with Gasteiger partial charge >= 0.3 is 0 Å². The molecule has 8 heteroatoms. The smallest absolute Gasteiger partial charge is 0.219 e. The van der Waals surface area contributed by atoms with Crippen LogP contribution in [-0.4, -0.2) is 22.5 Å². The van der Waals surface area contributed by atoms with E-state index >= 15 is 0 Å². The number of aliphatic imine (C=N–C) groups is 1. The normalized spacial score (nSPS) is 11.0. The van der Waals surface area contributed by atoms with Crippen LogP contribution in [0.4, 0.5) is 0 Å². The van der Waals surface area contributed by atoms with Gasteiger partial charge in [-0.05, 0) is 62.6 Å². The van der Waals surface area contributed by atoms with E-state index in [0.717, 1.165) is 28.8 Å². The van der Waals surface area contributed by atoms with Gasteiger partial charge in [-0.1, -0.05) is 6.07 Å². The summed E-state index contributed by atoms with van der Waals surface area (Å²) in [5.41, 5.74) is 3.46. The fourth-order valence-electron chi connectivity index (χ4n) is 2.66. The van der Waals surface area contributed by atoms with E-state index in [1.54, 1.807) is 17.5 Å². The van der Waals surface area contributed by atoms with E-state index in [9.17, 15) is 0 Å². The van der Waals surface area contributed by atoms with Crippen molar-refractivity contribution in [2.45, 2.75) is 40.8 Å². The van der Waals surface area contributed by atoms with Gasteiger partial charge in [-0.25, -0.2) is 15.0 Å². The van der Waals surface area contributed by atoms with Crippen molar-refractivity contribution in [1.82, 2.24) is 20.6 Å². The second kappa shape index (κ2) is 11.8. The molecule has 0 radical (unpaired) electrons. The number of guanidine groups is 1. The molecule has 160 valence electrons. The molecule has 0 saturated carbocycles. The molecule has 30 heavy (non-hydrogen) atoms. The molecule has 0 bridgehead atoms. The fraction of sp³-hybridized carbons (Fsp3) is 0.318. The number of hydrogen-bond acceptors (Lipinski definition) is 5. The van der Waals surface area contributed by atoms with Gasteiger partial charge in [0, 0.05) is 29.9 Å². The molecule has 0 spiro atoms. The summed E-state index contributed by atoms with van der Waals surface area (Å²) in [6, 6.07) is 9.91. The number of ether oxygens (including phenoxy) is 1. The minimum atomic E-state index is 0. The maximum Gasteiger partial charge on any atom is 0.219 e. The summed E-state index contributed by atoms with van der Waals surface area (Å²) in [5.74, 6) is 2.11. The molecule has 2 N–H and O–H groups in total. The van der Waals surface area contributed by atoms with Gasteiger partial charge in [-0.2, -0.15) is 0 Å². The zero-order valence-corrected chi connectivity index (χ0v) is 20.9. The maximum absolute atomic E-state index is 5.92. The molecule has 0 amide bonds. The van der Waals surface area contributed by atoms with Crippen molar-refractivity contribution < 1.29 is 4.74 Å². The number of nitrogens with zero attached hydrogens (tertiary/aromatic N) is 3. The lowest BCUT2D eigenvalue weighted by molar-refractivity contribution is 0.461. The van der Waals surface area contributed by atoms with Gasteiger partial charge in [0.15, 0.2) is 5.96 Å². The number of pyridine rings is 1. The number of benzene rings is 1. The van der Waals surface area contributed by atoms with Crippen LogP contribution in [0.25, 0.3) is 0 Å². The topological polar surface area (TPSA) is 71.4 Å². The Kier molecular flexibility index (Phi) is 9.51. The van der Waals surface area contributed by atoms with Gasteiger partial charge in [0.25, 0.3) is 0 Å². The number of aromatic nitrogens is 2. The van der Waals surface area contributed by atoms with Crippen molar-refractivity contribution in [3.05, 3.63) is 69.3 Å². The number of nitrogens with one attached hydrogen (secondary N) is 2. The second-order valence-corrected chi connectivity index (χ2v) is 8.08. The first-order valence-electron chi connectivity index (χ1n) is 9.67. The molecular formula is C22H28IN5OS. The molecule has 0 aliphatic carbocycles. The van der Waals surface area contributed by atoms with Crippen LogP contribution in [0.1, 0.15) is 33.5 Å². The van der Waals surface area contributed by atoms with Gasteiger partial charge in [-0.3, -0.25) is 0 Å². The summed E-state index contributed by atoms with van der Waals surface area (Å²) in [4.78, 5) is 14.6. The van der Waals surface area contributed by atoms with Crippen molar-refractivity contribution >= 4 is 41.3 Å². The van der Waals surface area contributed by atoms with Crippen molar-refractivity contribution in [3.63, 3.8) is 0 Å². The highest BCUT2D eigenvalue weighted by molar-refractivity contribution is 14.0. The number of aryl methyl sites for hydroxylation is 3. The average Bonchev–Trinajstić information content (AvgIpc) is 3.12. The monoisotopic (exact) mass is 537 g/mol. The Morgan fingerprint density at radius 1 is 1.07 bits per heavy atom. The van der Waals surface area contributed by atoms with E-state index in [4.69, 9.17) is 4.74 Å². The molecule has 0 aliphatic rings. The lowest BCUT2D eigenvalue weighted by Gasteiger charge is -2.11. The zero-order chi connectivity index (χ0) is 20.6. The molecule has 3 rings (SSSR count). The molecule has 0 atom stereocenters. The quantitative estimate of drug-likeness (QED) is 0.249. The van der Waals surface area contributed by atoms with Crippen LogP contribution in [-0.2, 0) is 13.1 Å². The first kappa shape index (κ1) is 24.1. The third-order valence-corrected chi connectivity index (χ3v) is 5.25.